The van der Waals surface area contributed by atoms with Gasteiger partial charge in [0, 0.05) is 7.11 Å². The highest BCUT2D eigenvalue weighted by atomic mass is 16.5. The minimum absolute atomic E-state index is 0.0184. The van der Waals surface area contributed by atoms with Gasteiger partial charge in [-0.3, -0.25) is 4.79 Å². The number of hydrogen-bond donors (Lipinski definition) is 1. The van der Waals surface area contributed by atoms with Gasteiger partial charge in [0.15, 0.2) is 0 Å². The summed E-state index contributed by atoms with van der Waals surface area (Å²) in [5.74, 6) is -0.0184. The summed E-state index contributed by atoms with van der Waals surface area (Å²) < 4.78 is 11.1. The first-order valence-corrected chi connectivity index (χ1v) is 7.45. The molecule has 4 nitrogen and oxygen atoms in total. The van der Waals surface area contributed by atoms with Crippen LogP contribution in [0.3, 0.4) is 0 Å². The second-order valence-electron chi connectivity index (χ2n) is 6.10. The summed E-state index contributed by atoms with van der Waals surface area (Å²) in [7, 11) is 1.64. The van der Waals surface area contributed by atoms with Crippen molar-refractivity contribution in [2.45, 2.75) is 77.0 Å². The van der Waals surface area contributed by atoms with Crippen LogP contribution in [0.1, 0.15) is 59.3 Å². The topological polar surface area (TPSA) is 47.6 Å². The van der Waals surface area contributed by atoms with E-state index < -0.39 is 0 Å². The average molecular weight is 271 g/mol. The summed E-state index contributed by atoms with van der Waals surface area (Å²) in [6, 6.07) is 0. The van der Waals surface area contributed by atoms with Crippen molar-refractivity contribution in [2.24, 2.45) is 0 Å². The molecule has 0 heterocycles. The second-order valence-corrected chi connectivity index (χ2v) is 6.10. The molecular weight excluding hydrogens is 242 g/mol. The molecule has 0 unspecified atom stereocenters. The second kappa shape index (κ2) is 7.85. The van der Waals surface area contributed by atoms with Crippen LogP contribution in [0.15, 0.2) is 0 Å². The molecule has 19 heavy (non-hydrogen) atoms. The van der Waals surface area contributed by atoms with Crippen LogP contribution in [-0.4, -0.2) is 37.4 Å². The van der Waals surface area contributed by atoms with Gasteiger partial charge in [-0.1, -0.05) is 26.2 Å². The summed E-state index contributed by atoms with van der Waals surface area (Å²) in [5.41, 5.74) is -0.352. The van der Waals surface area contributed by atoms with Gasteiger partial charge in [0.25, 0.3) is 0 Å². The highest BCUT2D eigenvalue weighted by molar-refractivity contribution is 5.81. The molecule has 112 valence electrons. The van der Waals surface area contributed by atoms with Gasteiger partial charge in [0.1, 0.15) is 6.10 Å². The maximum Gasteiger partial charge on any atom is 0.249 e. The zero-order chi connectivity index (χ0) is 14.3. The van der Waals surface area contributed by atoms with Crippen molar-refractivity contribution < 1.29 is 14.3 Å². The van der Waals surface area contributed by atoms with E-state index in [1.807, 2.05) is 20.8 Å². The van der Waals surface area contributed by atoms with E-state index >= 15 is 0 Å². The summed E-state index contributed by atoms with van der Waals surface area (Å²) in [5, 5.41) is 3.01. The number of carbonyl (C=O) groups excluding carboxylic acids is 1. The van der Waals surface area contributed by atoms with Gasteiger partial charge in [-0.25, -0.2) is 0 Å². The molecule has 0 aliphatic heterocycles. The quantitative estimate of drug-likeness (QED) is 0.774. The molecule has 0 radical (unpaired) electrons. The zero-order valence-electron chi connectivity index (χ0n) is 12.8. The van der Waals surface area contributed by atoms with E-state index in [0.29, 0.717) is 13.0 Å². The minimum Gasteiger partial charge on any atom is -0.382 e. The van der Waals surface area contributed by atoms with Crippen LogP contribution in [0.5, 0.6) is 0 Å². The normalized spacial score (nSPS) is 19.2. The molecule has 0 aromatic heterocycles. The van der Waals surface area contributed by atoms with Crippen molar-refractivity contribution in [3.8, 4) is 0 Å². The standard InChI is InChI=1S/C15H29NO3/c1-5-13(19-12-9-7-6-8-10-12)14(17)16-15(2,3)11-18-4/h12-13H,5-11H2,1-4H3,(H,16,17)/t13-/m1/s1. The number of carbonyl (C=O) groups is 1. The highest BCUT2D eigenvalue weighted by Gasteiger charge is 2.27. The lowest BCUT2D eigenvalue weighted by Crippen LogP contribution is -2.51. The van der Waals surface area contributed by atoms with Crippen LogP contribution in [0, 0.1) is 0 Å². The largest absolute Gasteiger partial charge is 0.382 e. The van der Waals surface area contributed by atoms with Gasteiger partial charge in [-0.2, -0.15) is 0 Å². The number of hydrogen-bond acceptors (Lipinski definition) is 3. The Morgan fingerprint density at radius 3 is 2.47 bits per heavy atom. The number of nitrogens with one attached hydrogen (secondary N) is 1. The summed E-state index contributed by atoms with van der Waals surface area (Å²) >= 11 is 0. The summed E-state index contributed by atoms with van der Waals surface area (Å²) in [6.07, 6.45) is 6.55. The Morgan fingerprint density at radius 2 is 1.95 bits per heavy atom. The molecule has 1 amide bonds. The van der Waals surface area contributed by atoms with Gasteiger partial charge in [0.05, 0.1) is 18.2 Å². The number of amides is 1. The van der Waals surface area contributed by atoms with E-state index in [0.717, 1.165) is 12.8 Å². The van der Waals surface area contributed by atoms with Crippen LogP contribution in [-0.2, 0) is 14.3 Å². The molecule has 1 atom stereocenters. The SMILES string of the molecule is CC[C@@H](OC1CCCCC1)C(=O)NC(C)(C)COC. The summed E-state index contributed by atoms with van der Waals surface area (Å²) in [4.78, 5) is 12.2. The Hall–Kier alpha value is -0.610. The molecule has 0 aromatic carbocycles. The molecule has 0 spiro atoms. The molecule has 0 aromatic rings. The maximum absolute atomic E-state index is 12.2. The van der Waals surface area contributed by atoms with Crippen molar-refractivity contribution in [3.05, 3.63) is 0 Å². The first-order chi connectivity index (χ1) is 8.98. The predicted molar refractivity (Wildman–Crippen MR) is 76.1 cm³/mol. The Kier molecular flexibility index (Phi) is 6.80. The van der Waals surface area contributed by atoms with Crippen LogP contribution >= 0.6 is 0 Å². The van der Waals surface area contributed by atoms with Crippen LogP contribution in [0.25, 0.3) is 0 Å². The lowest BCUT2D eigenvalue weighted by molar-refractivity contribution is -0.140. The average Bonchev–Trinajstić information content (AvgIpc) is 2.36. The van der Waals surface area contributed by atoms with Crippen LogP contribution in [0.2, 0.25) is 0 Å². The first-order valence-electron chi connectivity index (χ1n) is 7.45. The molecule has 0 saturated heterocycles. The third-order valence-electron chi connectivity index (χ3n) is 3.54. The van der Waals surface area contributed by atoms with E-state index in [-0.39, 0.29) is 23.7 Å². The number of ether oxygens (including phenoxy) is 2. The van der Waals surface area contributed by atoms with Crippen molar-refractivity contribution in [2.75, 3.05) is 13.7 Å². The van der Waals surface area contributed by atoms with Gasteiger partial charge in [-0.15, -0.1) is 0 Å². The lowest BCUT2D eigenvalue weighted by Gasteiger charge is -2.30. The highest BCUT2D eigenvalue weighted by Crippen LogP contribution is 2.22. The minimum atomic E-state index is -0.352. The van der Waals surface area contributed by atoms with E-state index in [4.69, 9.17) is 9.47 Å². The molecule has 1 saturated carbocycles. The molecule has 1 aliphatic carbocycles. The molecule has 1 rings (SSSR count). The van der Waals surface area contributed by atoms with Crippen molar-refractivity contribution in [3.63, 3.8) is 0 Å². The predicted octanol–water partition coefficient (Wildman–Crippen LogP) is 2.66. The number of methoxy groups -OCH3 is 1. The monoisotopic (exact) mass is 271 g/mol. The Balaban J connectivity index is 2.46. The van der Waals surface area contributed by atoms with E-state index in [9.17, 15) is 4.79 Å². The van der Waals surface area contributed by atoms with Gasteiger partial charge in [-0.05, 0) is 33.1 Å². The van der Waals surface area contributed by atoms with Crippen molar-refractivity contribution >= 4 is 5.91 Å². The Morgan fingerprint density at radius 1 is 1.32 bits per heavy atom. The van der Waals surface area contributed by atoms with Crippen LogP contribution in [0.4, 0.5) is 0 Å². The molecular formula is C15H29NO3. The first kappa shape index (κ1) is 16.4. The van der Waals surface area contributed by atoms with Gasteiger partial charge >= 0.3 is 0 Å². The Bertz CT molecular complexity index is 273. The molecule has 1 N–H and O–H groups in total. The smallest absolute Gasteiger partial charge is 0.249 e. The summed E-state index contributed by atoms with van der Waals surface area (Å²) in [6.45, 7) is 6.42. The Labute approximate surface area is 117 Å². The zero-order valence-corrected chi connectivity index (χ0v) is 12.8. The third kappa shape index (κ3) is 5.91. The van der Waals surface area contributed by atoms with Gasteiger partial charge < -0.3 is 14.8 Å². The fraction of sp³-hybridized carbons (Fsp3) is 0.933. The third-order valence-corrected chi connectivity index (χ3v) is 3.54. The van der Waals surface area contributed by atoms with E-state index in [1.54, 1.807) is 7.11 Å². The van der Waals surface area contributed by atoms with Crippen molar-refractivity contribution in [1.82, 2.24) is 5.32 Å². The van der Waals surface area contributed by atoms with Gasteiger partial charge in [0.2, 0.25) is 5.91 Å². The molecule has 1 aliphatic rings. The molecule has 0 bridgehead atoms. The molecule has 1 fully saturated rings. The maximum atomic E-state index is 12.2. The van der Waals surface area contributed by atoms with E-state index in [1.165, 1.54) is 19.3 Å². The van der Waals surface area contributed by atoms with Crippen LogP contribution < -0.4 is 5.32 Å². The fourth-order valence-electron chi connectivity index (χ4n) is 2.59. The van der Waals surface area contributed by atoms with E-state index in [2.05, 4.69) is 5.32 Å². The molecule has 4 heteroatoms. The van der Waals surface area contributed by atoms with Crippen molar-refractivity contribution in [1.29, 1.82) is 0 Å². The fourth-order valence-corrected chi connectivity index (χ4v) is 2.59. The lowest BCUT2D eigenvalue weighted by atomic mass is 9.97. The number of rotatable bonds is 7.